The molecule has 21 heavy (non-hydrogen) atoms. The molecular weight excluding hydrogens is 298 g/mol. The fraction of sp³-hybridized carbons (Fsp3) is 0.231. The van der Waals surface area contributed by atoms with Crippen LogP contribution in [-0.4, -0.2) is 48.2 Å². The molecule has 0 radical (unpaired) electrons. The molecule has 8 heteroatoms. The van der Waals surface area contributed by atoms with Crippen LogP contribution in [0.3, 0.4) is 0 Å². The number of amides is 4. The van der Waals surface area contributed by atoms with E-state index in [2.05, 4.69) is 10.6 Å². The van der Waals surface area contributed by atoms with Crippen molar-refractivity contribution in [2.45, 2.75) is 0 Å². The Hall–Kier alpha value is -2.41. The van der Waals surface area contributed by atoms with Gasteiger partial charge < -0.3 is 10.2 Å². The summed E-state index contributed by atoms with van der Waals surface area (Å²) in [5, 5.41) is 4.92. The monoisotopic (exact) mass is 309 g/mol. The lowest BCUT2D eigenvalue weighted by molar-refractivity contribution is -0.144. The quantitative estimate of drug-likeness (QED) is 0.740. The van der Waals surface area contributed by atoms with Gasteiger partial charge in [-0.25, -0.2) is 0 Å². The van der Waals surface area contributed by atoms with E-state index >= 15 is 0 Å². The first kappa shape index (κ1) is 15.0. The van der Waals surface area contributed by atoms with Crippen LogP contribution < -0.4 is 10.6 Å². The van der Waals surface area contributed by atoms with E-state index in [4.69, 9.17) is 11.6 Å². The van der Waals surface area contributed by atoms with E-state index < -0.39 is 23.6 Å². The van der Waals surface area contributed by atoms with Crippen LogP contribution >= 0.6 is 11.6 Å². The van der Waals surface area contributed by atoms with E-state index in [0.29, 0.717) is 10.6 Å². The summed E-state index contributed by atoms with van der Waals surface area (Å²) in [5.74, 6) is -2.05. The molecule has 110 valence electrons. The number of hydrogen-bond acceptors (Lipinski definition) is 4. The Labute approximate surface area is 125 Å². The summed E-state index contributed by atoms with van der Waals surface area (Å²) in [7, 11) is 0. The normalized spacial score (nSPS) is 14.6. The molecule has 0 spiro atoms. The van der Waals surface area contributed by atoms with Crippen LogP contribution in [-0.2, 0) is 14.4 Å². The topological polar surface area (TPSA) is 95.6 Å². The van der Waals surface area contributed by atoms with Gasteiger partial charge in [-0.3, -0.25) is 24.5 Å². The highest BCUT2D eigenvalue weighted by atomic mass is 35.5. The van der Waals surface area contributed by atoms with Crippen molar-refractivity contribution in [2.75, 3.05) is 19.6 Å². The summed E-state index contributed by atoms with van der Waals surface area (Å²) in [6, 6.07) is 6.27. The van der Waals surface area contributed by atoms with Crippen LogP contribution in [0.15, 0.2) is 24.3 Å². The van der Waals surface area contributed by atoms with Crippen LogP contribution in [0, 0.1) is 0 Å². The van der Waals surface area contributed by atoms with Crippen LogP contribution in [0.5, 0.6) is 0 Å². The summed E-state index contributed by atoms with van der Waals surface area (Å²) < 4.78 is 0. The minimum atomic E-state index is -0.541. The summed E-state index contributed by atoms with van der Waals surface area (Å²) in [5.41, 5.74) is 0.322. The highest BCUT2D eigenvalue weighted by molar-refractivity contribution is 6.31. The maximum absolute atomic E-state index is 11.8. The smallest absolute Gasteiger partial charge is 0.251 e. The Bertz CT molecular complexity index is 601. The number of halogens is 1. The Balaban J connectivity index is 1.90. The first-order valence-corrected chi connectivity index (χ1v) is 6.48. The van der Waals surface area contributed by atoms with Gasteiger partial charge in [0.1, 0.15) is 13.1 Å². The molecule has 1 fully saturated rings. The molecule has 0 saturated carbocycles. The lowest BCUT2D eigenvalue weighted by Crippen LogP contribution is -2.55. The van der Waals surface area contributed by atoms with Gasteiger partial charge in [0.15, 0.2) is 0 Å². The lowest BCUT2D eigenvalue weighted by atomic mass is 10.2. The lowest BCUT2D eigenvalue weighted by Gasteiger charge is -2.25. The first-order chi connectivity index (χ1) is 9.95. The van der Waals surface area contributed by atoms with Crippen LogP contribution in [0.4, 0.5) is 0 Å². The van der Waals surface area contributed by atoms with Gasteiger partial charge in [-0.05, 0) is 18.2 Å². The third-order valence-corrected chi connectivity index (χ3v) is 3.02. The Morgan fingerprint density at radius 2 is 1.90 bits per heavy atom. The van der Waals surface area contributed by atoms with E-state index in [0.717, 1.165) is 4.90 Å². The average Bonchev–Trinajstić information content (AvgIpc) is 2.43. The zero-order valence-electron chi connectivity index (χ0n) is 10.9. The largest absolute Gasteiger partial charge is 0.343 e. The molecule has 1 heterocycles. The minimum absolute atomic E-state index is 0.197. The molecule has 2 rings (SSSR count). The predicted octanol–water partition coefficient (Wildman–Crippen LogP) is -0.445. The number of hydrogen-bond donors (Lipinski definition) is 2. The van der Waals surface area contributed by atoms with Crippen molar-refractivity contribution < 1.29 is 19.2 Å². The number of nitrogens with zero attached hydrogens (tertiary/aromatic N) is 1. The molecule has 0 atom stereocenters. The van der Waals surface area contributed by atoms with Gasteiger partial charge in [-0.2, -0.15) is 0 Å². The summed E-state index contributed by atoms with van der Waals surface area (Å²) in [6.07, 6.45) is 0. The van der Waals surface area contributed by atoms with Crippen LogP contribution in [0.1, 0.15) is 10.4 Å². The number of nitrogens with one attached hydrogen (secondary N) is 2. The van der Waals surface area contributed by atoms with Crippen molar-refractivity contribution in [1.82, 2.24) is 15.5 Å². The molecule has 0 aromatic heterocycles. The van der Waals surface area contributed by atoms with Gasteiger partial charge in [0.05, 0.1) is 6.54 Å². The van der Waals surface area contributed by atoms with E-state index in [1.165, 1.54) is 6.07 Å². The molecule has 7 nitrogen and oxygen atoms in total. The number of carbonyl (C=O) groups is 4. The van der Waals surface area contributed by atoms with E-state index in [1.807, 2.05) is 0 Å². The Morgan fingerprint density at radius 1 is 1.24 bits per heavy atom. The standard InChI is InChI=1S/C13H12ClN3O4/c14-9-3-1-2-8(4-9)13(21)15-5-12(20)17-6-10(18)16-11(19)7-17/h1-4H,5-7H2,(H,15,21)(H,16,18,19). The Kier molecular flexibility index (Phi) is 4.54. The SMILES string of the molecule is O=C1CN(C(=O)CNC(=O)c2cccc(Cl)c2)CC(=O)N1. The molecule has 0 aliphatic carbocycles. The molecule has 1 aromatic rings. The van der Waals surface area contributed by atoms with Crippen LogP contribution in [0.25, 0.3) is 0 Å². The van der Waals surface area contributed by atoms with Gasteiger partial charge in [-0.1, -0.05) is 17.7 Å². The Morgan fingerprint density at radius 3 is 2.52 bits per heavy atom. The molecule has 1 aliphatic heterocycles. The number of carbonyl (C=O) groups excluding carboxylic acids is 4. The van der Waals surface area contributed by atoms with Gasteiger partial charge in [0.2, 0.25) is 17.7 Å². The van der Waals surface area contributed by atoms with Crippen molar-refractivity contribution >= 4 is 35.2 Å². The molecular formula is C13H12ClN3O4. The number of piperazine rings is 1. The van der Waals surface area contributed by atoms with Gasteiger partial charge in [0.25, 0.3) is 5.91 Å². The second-order valence-corrected chi connectivity index (χ2v) is 4.85. The fourth-order valence-electron chi connectivity index (χ4n) is 1.81. The van der Waals surface area contributed by atoms with Crippen molar-refractivity contribution in [2.24, 2.45) is 0 Å². The van der Waals surface area contributed by atoms with Crippen molar-refractivity contribution in [3.8, 4) is 0 Å². The summed E-state index contributed by atoms with van der Waals surface area (Å²) in [6.45, 7) is -0.693. The van der Waals surface area contributed by atoms with Crippen molar-refractivity contribution in [3.05, 3.63) is 34.9 Å². The van der Waals surface area contributed by atoms with E-state index in [1.54, 1.807) is 18.2 Å². The first-order valence-electron chi connectivity index (χ1n) is 6.10. The molecule has 1 aromatic carbocycles. The maximum atomic E-state index is 11.8. The zero-order valence-corrected chi connectivity index (χ0v) is 11.6. The molecule has 1 saturated heterocycles. The molecule has 4 amide bonds. The van der Waals surface area contributed by atoms with Crippen molar-refractivity contribution in [1.29, 1.82) is 0 Å². The molecule has 2 N–H and O–H groups in total. The molecule has 1 aliphatic rings. The molecule has 0 unspecified atom stereocenters. The van der Waals surface area contributed by atoms with Gasteiger partial charge in [-0.15, -0.1) is 0 Å². The zero-order chi connectivity index (χ0) is 15.4. The van der Waals surface area contributed by atoms with E-state index in [9.17, 15) is 19.2 Å². The summed E-state index contributed by atoms with van der Waals surface area (Å²) >= 11 is 5.77. The number of imide groups is 1. The second-order valence-electron chi connectivity index (χ2n) is 4.41. The fourth-order valence-corrected chi connectivity index (χ4v) is 2.00. The predicted molar refractivity (Wildman–Crippen MR) is 73.5 cm³/mol. The highest BCUT2D eigenvalue weighted by Crippen LogP contribution is 2.10. The number of benzene rings is 1. The van der Waals surface area contributed by atoms with E-state index in [-0.39, 0.29) is 19.6 Å². The van der Waals surface area contributed by atoms with Crippen molar-refractivity contribution in [3.63, 3.8) is 0 Å². The third-order valence-electron chi connectivity index (χ3n) is 2.79. The highest BCUT2D eigenvalue weighted by Gasteiger charge is 2.26. The summed E-state index contributed by atoms with van der Waals surface area (Å²) in [4.78, 5) is 47.1. The van der Waals surface area contributed by atoms with Gasteiger partial charge >= 0.3 is 0 Å². The van der Waals surface area contributed by atoms with Crippen LogP contribution in [0.2, 0.25) is 5.02 Å². The maximum Gasteiger partial charge on any atom is 0.251 e. The number of rotatable bonds is 3. The molecule has 0 bridgehead atoms. The van der Waals surface area contributed by atoms with Gasteiger partial charge in [0, 0.05) is 10.6 Å². The third kappa shape index (κ3) is 4.03. The average molecular weight is 310 g/mol. The minimum Gasteiger partial charge on any atom is -0.343 e. The second kappa shape index (κ2) is 6.36.